The lowest BCUT2D eigenvalue weighted by molar-refractivity contribution is -0.383. The van der Waals surface area contributed by atoms with Crippen molar-refractivity contribution in [3.05, 3.63) is 39.4 Å². The van der Waals surface area contributed by atoms with Crippen molar-refractivity contribution in [2.24, 2.45) is 0 Å². The van der Waals surface area contributed by atoms with Crippen LogP contribution in [0, 0.1) is 24.0 Å². The topological polar surface area (TPSA) is 119 Å². The molecule has 0 amide bonds. The highest BCUT2D eigenvalue weighted by Gasteiger charge is 2.26. The molecular formula is C16H20N6O3. The van der Waals surface area contributed by atoms with E-state index >= 15 is 0 Å². The molecule has 2 aromatic rings. The lowest BCUT2D eigenvalue weighted by Gasteiger charge is -2.27. The summed E-state index contributed by atoms with van der Waals surface area (Å²) in [6, 6.07) is 5.70. The number of aromatic nitrogens is 2. The predicted molar refractivity (Wildman–Crippen MR) is 95.3 cm³/mol. The van der Waals surface area contributed by atoms with Gasteiger partial charge in [-0.15, -0.1) is 0 Å². The van der Waals surface area contributed by atoms with E-state index in [2.05, 4.69) is 15.3 Å². The third-order valence-corrected chi connectivity index (χ3v) is 4.15. The highest BCUT2D eigenvalue weighted by atomic mass is 16.6. The van der Waals surface area contributed by atoms with Crippen LogP contribution in [0.25, 0.3) is 0 Å². The van der Waals surface area contributed by atoms with E-state index < -0.39 is 4.92 Å². The second-order valence-corrected chi connectivity index (χ2v) is 5.89. The molecule has 0 aliphatic carbocycles. The molecule has 9 nitrogen and oxygen atoms in total. The Morgan fingerprint density at radius 3 is 2.60 bits per heavy atom. The molecule has 1 aromatic carbocycles. The lowest BCUT2D eigenvalue weighted by atomic mass is 10.1. The first kappa shape index (κ1) is 16.9. The molecule has 0 radical (unpaired) electrons. The Labute approximate surface area is 145 Å². The van der Waals surface area contributed by atoms with Gasteiger partial charge in [0.1, 0.15) is 0 Å². The van der Waals surface area contributed by atoms with Crippen molar-refractivity contribution in [2.75, 3.05) is 42.3 Å². The van der Waals surface area contributed by atoms with E-state index in [0.717, 1.165) is 11.1 Å². The van der Waals surface area contributed by atoms with Crippen molar-refractivity contribution in [1.29, 1.82) is 0 Å². The zero-order chi connectivity index (χ0) is 18.0. The molecule has 25 heavy (non-hydrogen) atoms. The minimum absolute atomic E-state index is 0.0854. The second-order valence-electron chi connectivity index (χ2n) is 5.89. The number of nitrogen functional groups attached to an aromatic ring is 1. The van der Waals surface area contributed by atoms with E-state index in [-0.39, 0.29) is 17.3 Å². The fourth-order valence-corrected chi connectivity index (χ4v) is 2.59. The van der Waals surface area contributed by atoms with Crippen LogP contribution in [0.3, 0.4) is 0 Å². The predicted octanol–water partition coefficient (Wildman–Crippen LogP) is 2.16. The first-order chi connectivity index (χ1) is 12.0. The van der Waals surface area contributed by atoms with E-state index in [1.165, 1.54) is 0 Å². The number of hydrogen-bond acceptors (Lipinski definition) is 8. The molecule has 2 heterocycles. The standard InChI is InChI=1S/C16H20N6O3/c1-10-3-4-12(9-11(10)2)18-15-13(22(23)24)14(17)19-16(20-15)21-5-7-25-8-6-21/h3-4,9H,5-8H2,1-2H3,(H3,17,18,19,20). The number of nitrogens with zero attached hydrogens (tertiary/aromatic N) is 4. The Bertz CT molecular complexity index is 805. The smallest absolute Gasteiger partial charge is 0.353 e. The summed E-state index contributed by atoms with van der Waals surface area (Å²) in [5.74, 6) is 0.285. The van der Waals surface area contributed by atoms with E-state index in [9.17, 15) is 10.1 Å². The number of nitro groups is 1. The van der Waals surface area contributed by atoms with Crippen molar-refractivity contribution >= 4 is 29.0 Å². The minimum atomic E-state index is -0.568. The third kappa shape index (κ3) is 3.61. The summed E-state index contributed by atoms with van der Waals surface area (Å²) in [7, 11) is 0. The van der Waals surface area contributed by atoms with Crippen LogP contribution in [0.5, 0.6) is 0 Å². The summed E-state index contributed by atoms with van der Waals surface area (Å²) < 4.78 is 5.31. The Balaban J connectivity index is 2.00. The number of benzene rings is 1. The largest absolute Gasteiger partial charge is 0.378 e. The average Bonchev–Trinajstić information content (AvgIpc) is 2.58. The summed E-state index contributed by atoms with van der Waals surface area (Å²) >= 11 is 0. The van der Waals surface area contributed by atoms with Crippen molar-refractivity contribution in [1.82, 2.24) is 9.97 Å². The fourth-order valence-electron chi connectivity index (χ4n) is 2.59. The van der Waals surface area contributed by atoms with Gasteiger partial charge in [0.05, 0.1) is 18.1 Å². The van der Waals surface area contributed by atoms with Gasteiger partial charge in [-0.2, -0.15) is 9.97 Å². The minimum Gasteiger partial charge on any atom is -0.378 e. The zero-order valence-corrected chi connectivity index (χ0v) is 14.2. The highest BCUT2D eigenvalue weighted by Crippen LogP contribution is 2.32. The lowest BCUT2D eigenvalue weighted by Crippen LogP contribution is -2.37. The number of aryl methyl sites for hydroxylation is 2. The average molecular weight is 344 g/mol. The van der Waals surface area contributed by atoms with Crippen LogP contribution in [0.15, 0.2) is 18.2 Å². The number of hydrogen-bond donors (Lipinski definition) is 2. The first-order valence-electron chi connectivity index (χ1n) is 7.94. The Hall–Kier alpha value is -2.94. The molecule has 0 spiro atoms. The van der Waals surface area contributed by atoms with Gasteiger partial charge in [-0.1, -0.05) is 6.07 Å². The molecule has 0 atom stereocenters. The normalized spacial score (nSPS) is 14.4. The van der Waals surface area contributed by atoms with Gasteiger partial charge >= 0.3 is 5.69 Å². The summed E-state index contributed by atoms with van der Waals surface area (Å²) in [4.78, 5) is 21.2. The number of morpholine rings is 1. The number of nitrogens with two attached hydrogens (primary N) is 1. The van der Waals surface area contributed by atoms with Crippen LogP contribution in [0.1, 0.15) is 11.1 Å². The van der Waals surface area contributed by atoms with E-state index in [4.69, 9.17) is 10.5 Å². The number of anilines is 4. The summed E-state index contributed by atoms with van der Waals surface area (Å²) in [6.45, 7) is 6.31. The van der Waals surface area contributed by atoms with E-state index in [1.54, 1.807) is 0 Å². The number of rotatable bonds is 4. The summed E-state index contributed by atoms with van der Waals surface area (Å²) in [5, 5.41) is 14.4. The molecule has 0 unspecified atom stereocenters. The molecule has 132 valence electrons. The van der Waals surface area contributed by atoms with Gasteiger partial charge in [-0.05, 0) is 37.1 Å². The van der Waals surface area contributed by atoms with Gasteiger partial charge in [0.25, 0.3) is 0 Å². The van der Waals surface area contributed by atoms with Gasteiger partial charge in [-0.25, -0.2) is 0 Å². The maximum Gasteiger partial charge on any atom is 0.353 e. The summed E-state index contributed by atoms with van der Waals surface area (Å²) in [6.07, 6.45) is 0. The van der Waals surface area contributed by atoms with Crippen molar-refractivity contribution in [2.45, 2.75) is 13.8 Å². The Morgan fingerprint density at radius 1 is 1.24 bits per heavy atom. The monoisotopic (exact) mass is 344 g/mol. The first-order valence-corrected chi connectivity index (χ1v) is 7.94. The molecule has 1 saturated heterocycles. The van der Waals surface area contributed by atoms with Gasteiger partial charge in [0, 0.05) is 18.8 Å². The van der Waals surface area contributed by atoms with Crippen molar-refractivity contribution in [3.8, 4) is 0 Å². The molecule has 1 aromatic heterocycles. The van der Waals surface area contributed by atoms with Crippen molar-refractivity contribution < 1.29 is 9.66 Å². The highest BCUT2D eigenvalue weighted by molar-refractivity contribution is 5.74. The van der Waals surface area contributed by atoms with Gasteiger partial charge in [-0.3, -0.25) is 10.1 Å². The maximum absolute atomic E-state index is 11.4. The molecule has 0 bridgehead atoms. The molecule has 1 fully saturated rings. The fraction of sp³-hybridized carbons (Fsp3) is 0.375. The van der Waals surface area contributed by atoms with Crippen LogP contribution < -0.4 is 16.0 Å². The van der Waals surface area contributed by atoms with E-state index in [0.29, 0.717) is 37.9 Å². The van der Waals surface area contributed by atoms with Crippen LogP contribution in [0.2, 0.25) is 0 Å². The van der Waals surface area contributed by atoms with Gasteiger partial charge < -0.3 is 20.7 Å². The molecule has 3 rings (SSSR count). The SMILES string of the molecule is Cc1ccc(Nc2nc(N3CCOCC3)nc(N)c2[N+](=O)[O-])cc1C. The molecular weight excluding hydrogens is 324 g/mol. The van der Waals surface area contributed by atoms with Gasteiger partial charge in [0.2, 0.25) is 17.6 Å². The quantitative estimate of drug-likeness (QED) is 0.639. The maximum atomic E-state index is 11.4. The summed E-state index contributed by atoms with van der Waals surface area (Å²) in [5.41, 5.74) is 8.44. The van der Waals surface area contributed by atoms with Gasteiger partial charge in [0.15, 0.2) is 0 Å². The Kier molecular flexibility index (Phi) is 4.66. The van der Waals surface area contributed by atoms with Crippen LogP contribution in [-0.2, 0) is 4.74 Å². The number of nitrogens with one attached hydrogen (secondary N) is 1. The molecule has 1 aliphatic heterocycles. The number of ether oxygens (including phenoxy) is 1. The van der Waals surface area contributed by atoms with E-state index in [1.807, 2.05) is 36.9 Å². The van der Waals surface area contributed by atoms with Crippen LogP contribution >= 0.6 is 0 Å². The van der Waals surface area contributed by atoms with Crippen LogP contribution in [-0.4, -0.2) is 41.2 Å². The Morgan fingerprint density at radius 2 is 1.96 bits per heavy atom. The molecule has 0 saturated carbocycles. The van der Waals surface area contributed by atoms with Crippen molar-refractivity contribution in [3.63, 3.8) is 0 Å². The molecule has 3 N–H and O–H groups in total. The third-order valence-electron chi connectivity index (χ3n) is 4.15. The van der Waals surface area contributed by atoms with Crippen LogP contribution in [0.4, 0.5) is 29.0 Å². The molecule has 9 heteroatoms. The zero-order valence-electron chi connectivity index (χ0n) is 14.2. The second kappa shape index (κ2) is 6.89. The molecule has 1 aliphatic rings.